The number of hydrogen-bond donors (Lipinski definition) is 0. The fourth-order valence-corrected chi connectivity index (χ4v) is 4.80. The van der Waals surface area contributed by atoms with Crippen LogP contribution in [0.2, 0.25) is 0 Å². The second-order valence-corrected chi connectivity index (χ2v) is 9.77. The van der Waals surface area contributed by atoms with Crippen molar-refractivity contribution >= 4 is 28.2 Å². The molecule has 4 heteroatoms. The molecule has 2 aromatic rings. The van der Waals surface area contributed by atoms with E-state index in [9.17, 15) is 9.00 Å². The molecule has 0 unspecified atom stereocenters. The number of halogens is 1. The molecule has 0 aromatic heterocycles. The van der Waals surface area contributed by atoms with Gasteiger partial charge in [-0.3, -0.25) is 4.79 Å². The van der Waals surface area contributed by atoms with Crippen molar-refractivity contribution in [1.82, 2.24) is 0 Å². The fourth-order valence-electron chi connectivity index (χ4n) is 3.40. The summed E-state index contributed by atoms with van der Waals surface area (Å²) in [6.07, 6.45) is 2.61. The Balaban J connectivity index is 2.39. The highest BCUT2D eigenvalue weighted by atomic mass is 35.5. The quantitative estimate of drug-likeness (QED) is 0.461. The Bertz CT molecular complexity index is 796. The molecule has 0 aliphatic heterocycles. The molecule has 0 aliphatic carbocycles. The Morgan fingerprint density at radius 3 is 2.33 bits per heavy atom. The van der Waals surface area contributed by atoms with Crippen LogP contribution in [-0.2, 0) is 15.6 Å². The highest BCUT2D eigenvalue weighted by Crippen LogP contribution is 2.38. The Kier molecular flexibility index (Phi) is 7.81. The van der Waals surface area contributed by atoms with Crippen molar-refractivity contribution < 1.29 is 9.00 Å². The molecule has 0 amide bonds. The molecule has 0 saturated carbocycles. The van der Waals surface area contributed by atoms with Crippen LogP contribution in [0.15, 0.2) is 58.3 Å². The van der Waals surface area contributed by atoms with Crippen molar-refractivity contribution in [1.29, 1.82) is 0 Å². The van der Waals surface area contributed by atoms with E-state index in [1.165, 1.54) is 0 Å². The highest BCUT2D eigenvalue weighted by molar-refractivity contribution is 7.85. The monoisotopic (exact) mass is 404 g/mol. The molecule has 0 fully saturated rings. The second-order valence-electron chi connectivity index (χ2n) is 7.94. The lowest BCUT2D eigenvalue weighted by Crippen LogP contribution is -2.21. The minimum Gasteiger partial charge on any atom is -0.299 e. The fraction of sp³-hybridized carbons (Fsp3) is 0.435. The molecule has 2 aromatic carbocycles. The average molecular weight is 405 g/mol. The van der Waals surface area contributed by atoms with Crippen LogP contribution in [0, 0.1) is 12.3 Å². The molecule has 0 spiro atoms. The summed E-state index contributed by atoms with van der Waals surface area (Å²) in [5.74, 6) is 0.477. The Morgan fingerprint density at radius 2 is 1.74 bits per heavy atom. The number of rotatable bonds is 9. The minimum atomic E-state index is -1.31. The summed E-state index contributed by atoms with van der Waals surface area (Å²) in [4.78, 5) is 14.0. The number of alkyl halides is 1. The van der Waals surface area contributed by atoms with Gasteiger partial charge in [0.15, 0.2) is 0 Å². The van der Waals surface area contributed by atoms with Crippen molar-refractivity contribution in [3.8, 4) is 0 Å². The highest BCUT2D eigenvalue weighted by Gasteiger charge is 2.29. The van der Waals surface area contributed by atoms with Gasteiger partial charge < -0.3 is 0 Å². The van der Waals surface area contributed by atoms with Gasteiger partial charge in [0.25, 0.3) is 0 Å². The first-order valence-electron chi connectivity index (χ1n) is 9.39. The smallest absolute Gasteiger partial charge is 0.137 e. The van der Waals surface area contributed by atoms with Gasteiger partial charge in [-0.15, -0.1) is 11.6 Å². The lowest BCUT2D eigenvalue weighted by atomic mass is 9.76. The van der Waals surface area contributed by atoms with Crippen molar-refractivity contribution in [2.75, 3.05) is 5.88 Å². The zero-order valence-corrected chi connectivity index (χ0v) is 18.2. The Morgan fingerprint density at radius 1 is 1.11 bits per heavy atom. The summed E-state index contributed by atoms with van der Waals surface area (Å²) >= 11 is 5.86. The zero-order chi connectivity index (χ0) is 20.0. The third kappa shape index (κ3) is 6.02. The number of ketones is 1. The number of carbonyl (C=O) groups excluding carboxylic acids is 1. The largest absolute Gasteiger partial charge is 0.299 e. The molecule has 2 nitrogen and oxygen atoms in total. The van der Waals surface area contributed by atoms with Crippen LogP contribution >= 0.6 is 11.6 Å². The van der Waals surface area contributed by atoms with Crippen molar-refractivity contribution in [2.45, 2.75) is 62.7 Å². The molecule has 2 rings (SSSR count). The van der Waals surface area contributed by atoms with E-state index in [0.717, 1.165) is 40.2 Å². The van der Waals surface area contributed by atoms with Crippen LogP contribution in [0.1, 0.15) is 57.1 Å². The summed E-state index contributed by atoms with van der Waals surface area (Å²) in [5.41, 5.74) is 2.00. The first-order chi connectivity index (χ1) is 12.7. The number of carbonyl (C=O) groups is 1. The van der Waals surface area contributed by atoms with E-state index >= 15 is 0 Å². The van der Waals surface area contributed by atoms with Gasteiger partial charge >= 0.3 is 0 Å². The van der Waals surface area contributed by atoms with Crippen molar-refractivity contribution in [2.24, 2.45) is 5.41 Å². The standard InChI is InChI=1S/C23H29ClO2S/c1-17-10-12-19(13-11-17)27(26)22-9-6-5-8-20(22)21(18(2)25)16-23(3,4)14-7-15-24/h5-6,8-13,21H,7,14-16H2,1-4H3/t21-,27+/m1/s1. The van der Waals surface area contributed by atoms with Gasteiger partial charge in [0.2, 0.25) is 0 Å². The van der Waals surface area contributed by atoms with Crippen LogP contribution < -0.4 is 0 Å². The second kappa shape index (κ2) is 9.66. The maximum absolute atomic E-state index is 13.2. The van der Waals surface area contributed by atoms with E-state index in [2.05, 4.69) is 13.8 Å². The number of hydrogen-bond acceptors (Lipinski definition) is 2. The number of Topliss-reactive ketones (excluding diaryl/α,β-unsaturated/α-hetero) is 1. The number of aryl methyl sites for hydroxylation is 1. The summed E-state index contributed by atoms with van der Waals surface area (Å²) in [6.45, 7) is 7.99. The van der Waals surface area contributed by atoms with Gasteiger partial charge in [0.1, 0.15) is 5.78 Å². The van der Waals surface area contributed by atoms with E-state index in [0.29, 0.717) is 5.88 Å². The van der Waals surface area contributed by atoms with Crippen LogP contribution in [-0.4, -0.2) is 15.9 Å². The van der Waals surface area contributed by atoms with Crippen LogP contribution in [0.3, 0.4) is 0 Å². The van der Waals surface area contributed by atoms with Gasteiger partial charge in [-0.2, -0.15) is 0 Å². The molecule has 0 N–H and O–H groups in total. The van der Waals surface area contributed by atoms with Gasteiger partial charge in [-0.05, 0) is 62.3 Å². The number of benzene rings is 2. The predicted octanol–water partition coefficient (Wildman–Crippen LogP) is 6.27. The average Bonchev–Trinajstić information content (AvgIpc) is 2.64. The van der Waals surface area contributed by atoms with E-state index in [1.807, 2.05) is 55.5 Å². The van der Waals surface area contributed by atoms with Crippen LogP contribution in [0.5, 0.6) is 0 Å². The summed E-state index contributed by atoms with van der Waals surface area (Å²) in [7, 11) is -1.31. The molecule has 2 atom stereocenters. The maximum atomic E-state index is 13.2. The van der Waals surface area contributed by atoms with Crippen LogP contribution in [0.25, 0.3) is 0 Å². The van der Waals surface area contributed by atoms with E-state index in [-0.39, 0.29) is 17.1 Å². The van der Waals surface area contributed by atoms with E-state index in [4.69, 9.17) is 11.6 Å². The Labute approximate surface area is 170 Å². The molecule has 0 aliphatic rings. The van der Waals surface area contributed by atoms with Crippen molar-refractivity contribution in [3.05, 3.63) is 59.7 Å². The predicted molar refractivity (Wildman–Crippen MR) is 114 cm³/mol. The van der Waals surface area contributed by atoms with Gasteiger partial charge in [-0.1, -0.05) is 49.7 Å². The summed E-state index contributed by atoms with van der Waals surface area (Å²) in [6, 6.07) is 15.4. The molecule has 0 bridgehead atoms. The lowest BCUT2D eigenvalue weighted by Gasteiger charge is -2.29. The Hall–Kier alpha value is -1.45. The summed E-state index contributed by atoms with van der Waals surface area (Å²) in [5, 5.41) is 0. The third-order valence-electron chi connectivity index (χ3n) is 4.96. The van der Waals surface area contributed by atoms with Crippen LogP contribution in [0.4, 0.5) is 0 Å². The third-order valence-corrected chi connectivity index (χ3v) is 6.70. The van der Waals surface area contributed by atoms with Gasteiger partial charge in [0, 0.05) is 21.6 Å². The topological polar surface area (TPSA) is 34.1 Å². The molecule has 0 heterocycles. The lowest BCUT2D eigenvalue weighted by molar-refractivity contribution is -0.119. The maximum Gasteiger partial charge on any atom is 0.137 e. The zero-order valence-electron chi connectivity index (χ0n) is 16.6. The molecule has 27 heavy (non-hydrogen) atoms. The van der Waals surface area contributed by atoms with E-state index in [1.54, 1.807) is 6.92 Å². The summed E-state index contributed by atoms with van der Waals surface area (Å²) < 4.78 is 13.2. The van der Waals surface area contributed by atoms with Crippen molar-refractivity contribution in [3.63, 3.8) is 0 Å². The van der Waals surface area contributed by atoms with Gasteiger partial charge in [-0.25, -0.2) is 4.21 Å². The molecule has 146 valence electrons. The molecular formula is C23H29ClO2S. The first kappa shape index (κ1) is 21.8. The molecule has 0 saturated heterocycles. The minimum absolute atomic E-state index is 0.0102. The SMILES string of the molecule is CC(=O)[C@@H](CC(C)(C)CCCCl)c1ccccc1[S@@](=O)c1ccc(C)cc1. The molecule has 0 radical (unpaired) electrons. The first-order valence-corrected chi connectivity index (χ1v) is 11.1. The molecular weight excluding hydrogens is 376 g/mol. The normalized spacial score (nSPS) is 14.0. The van der Waals surface area contributed by atoms with Gasteiger partial charge in [0.05, 0.1) is 10.8 Å². The van der Waals surface area contributed by atoms with E-state index < -0.39 is 10.8 Å².